The van der Waals surface area contributed by atoms with Gasteiger partial charge in [-0.2, -0.15) is 15.3 Å². The number of carbonyl (C=O) groups is 3. The van der Waals surface area contributed by atoms with Gasteiger partial charge in [-0.05, 0) is 50.2 Å². The molecule has 0 bridgehead atoms. The van der Waals surface area contributed by atoms with E-state index in [1.807, 2.05) is 25.1 Å². The van der Waals surface area contributed by atoms with Crippen LogP contribution in [0.15, 0.2) is 64.8 Å². The predicted octanol–water partition coefficient (Wildman–Crippen LogP) is 2.67. The molecule has 31 heavy (non-hydrogen) atoms. The van der Waals surface area contributed by atoms with Crippen LogP contribution in [0.25, 0.3) is 0 Å². The number of amides is 2. The van der Waals surface area contributed by atoms with Gasteiger partial charge in [0.05, 0.1) is 5.69 Å². The molecule has 8 nitrogen and oxygen atoms in total. The number of carbonyl (C=O) groups excluding carboxylic acids is 3. The average Bonchev–Trinajstić information content (AvgIpc) is 2.81. The molecular formula is C23H25N5O3. The number of hydrogen-bond acceptors (Lipinski definition) is 6. The molecule has 8 heteroatoms. The molecular weight excluding hydrogens is 394 g/mol. The SMILES string of the molecule is C=NN(/N=C\C)c1ccc(C(=O)C(=O)N2CCN(C(=O)c3ccccc3)CC2C)cc1. The molecule has 0 saturated carbocycles. The fourth-order valence-electron chi connectivity index (χ4n) is 3.50. The van der Waals surface area contributed by atoms with Crippen molar-refractivity contribution < 1.29 is 14.4 Å². The fourth-order valence-corrected chi connectivity index (χ4v) is 3.50. The van der Waals surface area contributed by atoms with E-state index in [-0.39, 0.29) is 17.5 Å². The van der Waals surface area contributed by atoms with Gasteiger partial charge in [0.15, 0.2) is 0 Å². The third kappa shape index (κ3) is 4.85. The Bertz CT molecular complexity index is 988. The summed E-state index contributed by atoms with van der Waals surface area (Å²) in [6.07, 6.45) is 1.57. The van der Waals surface area contributed by atoms with Crippen molar-refractivity contribution in [1.82, 2.24) is 9.80 Å². The molecule has 0 radical (unpaired) electrons. The molecule has 1 atom stereocenters. The van der Waals surface area contributed by atoms with E-state index in [1.165, 1.54) is 10.0 Å². The van der Waals surface area contributed by atoms with Crippen molar-refractivity contribution in [1.29, 1.82) is 0 Å². The van der Waals surface area contributed by atoms with E-state index in [1.54, 1.807) is 54.4 Å². The van der Waals surface area contributed by atoms with Gasteiger partial charge in [0.1, 0.15) is 0 Å². The Kier molecular flexibility index (Phi) is 6.92. The van der Waals surface area contributed by atoms with Crippen molar-refractivity contribution in [3.63, 3.8) is 0 Å². The van der Waals surface area contributed by atoms with Crippen LogP contribution in [0.3, 0.4) is 0 Å². The van der Waals surface area contributed by atoms with Crippen molar-refractivity contribution >= 4 is 36.2 Å². The molecule has 0 spiro atoms. The molecule has 1 unspecified atom stereocenters. The van der Waals surface area contributed by atoms with E-state index in [4.69, 9.17) is 0 Å². The molecule has 1 saturated heterocycles. The molecule has 1 aliphatic rings. The smallest absolute Gasteiger partial charge is 0.295 e. The Balaban J connectivity index is 1.66. The highest BCUT2D eigenvalue weighted by Gasteiger charge is 2.33. The number of Topliss-reactive ketones (excluding diaryl/α,β-unsaturated/α-hetero) is 1. The summed E-state index contributed by atoms with van der Waals surface area (Å²) in [5, 5.41) is 9.13. The number of hydrazone groups is 2. The topological polar surface area (TPSA) is 85.7 Å². The monoisotopic (exact) mass is 419 g/mol. The highest BCUT2D eigenvalue weighted by molar-refractivity contribution is 6.42. The first-order valence-electron chi connectivity index (χ1n) is 10.0. The van der Waals surface area contributed by atoms with Crippen LogP contribution in [0.4, 0.5) is 5.69 Å². The second-order valence-electron chi connectivity index (χ2n) is 7.15. The van der Waals surface area contributed by atoms with Crippen LogP contribution >= 0.6 is 0 Å². The normalized spacial score (nSPS) is 16.3. The van der Waals surface area contributed by atoms with Gasteiger partial charge in [0, 0.05) is 49.7 Å². The Morgan fingerprint density at radius 2 is 1.71 bits per heavy atom. The Morgan fingerprint density at radius 3 is 2.29 bits per heavy atom. The van der Waals surface area contributed by atoms with Crippen molar-refractivity contribution in [2.24, 2.45) is 10.2 Å². The molecule has 1 fully saturated rings. The Morgan fingerprint density at radius 1 is 1.03 bits per heavy atom. The molecule has 2 aromatic carbocycles. The minimum Gasteiger partial charge on any atom is -0.335 e. The molecule has 1 heterocycles. The average molecular weight is 419 g/mol. The second kappa shape index (κ2) is 9.80. The minimum absolute atomic E-state index is 0.0726. The highest BCUT2D eigenvalue weighted by Crippen LogP contribution is 2.18. The van der Waals surface area contributed by atoms with Gasteiger partial charge in [-0.3, -0.25) is 14.4 Å². The lowest BCUT2D eigenvalue weighted by Crippen LogP contribution is -2.56. The molecule has 1 aliphatic heterocycles. The van der Waals surface area contributed by atoms with Crippen LogP contribution in [0, 0.1) is 0 Å². The van der Waals surface area contributed by atoms with Gasteiger partial charge in [0.2, 0.25) is 5.78 Å². The van der Waals surface area contributed by atoms with E-state index in [9.17, 15) is 14.4 Å². The quantitative estimate of drug-likeness (QED) is 0.312. The summed E-state index contributed by atoms with van der Waals surface area (Å²) in [6, 6.07) is 15.2. The van der Waals surface area contributed by atoms with Crippen molar-refractivity contribution in [2.75, 3.05) is 24.8 Å². The predicted molar refractivity (Wildman–Crippen MR) is 120 cm³/mol. The fraction of sp³-hybridized carbons (Fsp3) is 0.261. The highest BCUT2D eigenvalue weighted by atomic mass is 16.2. The molecule has 0 aromatic heterocycles. The maximum atomic E-state index is 12.8. The molecule has 2 amide bonds. The van der Waals surface area contributed by atoms with Gasteiger partial charge < -0.3 is 9.80 Å². The molecule has 0 N–H and O–H groups in total. The lowest BCUT2D eigenvalue weighted by molar-refractivity contribution is -0.130. The van der Waals surface area contributed by atoms with E-state index >= 15 is 0 Å². The van der Waals surface area contributed by atoms with Gasteiger partial charge in [-0.25, -0.2) is 0 Å². The first-order valence-corrected chi connectivity index (χ1v) is 10.0. The van der Waals surface area contributed by atoms with Gasteiger partial charge >= 0.3 is 0 Å². The number of piperazine rings is 1. The summed E-state index contributed by atoms with van der Waals surface area (Å²) in [5.41, 5.74) is 1.52. The second-order valence-corrected chi connectivity index (χ2v) is 7.15. The van der Waals surface area contributed by atoms with Gasteiger partial charge in [0.25, 0.3) is 11.8 Å². The first-order chi connectivity index (χ1) is 15.0. The number of ketones is 1. The van der Waals surface area contributed by atoms with E-state index < -0.39 is 11.7 Å². The number of anilines is 1. The van der Waals surface area contributed by atoms with E-state index in [2.05, 4.69) is 16.9 Å². The Hall–Kier alpha value is -3.81. The zero-order valence-corrected chi connectivity index (χ0v) is 17.6. The summed E-state index contributed by atoms with van der Waals surface area (Å²) >= 11 is 0. The van der Waals surface area contributed by atoms with Crippen LogP contribution < -0.4 is 5.12 Å². The number of nitrogens with zero attached hydrogens (tertiary/aromatic N) is 5. The lowest BCUT2D eigenvalue weighted by atomic mass is 10.1. The summed E-state index contributed by atoms with van der Waals surface area (Å²) in [5.74, 6) is -1.23. The van der Waals surface area contributed by atoms with Crippen LogP contribution in [0.1, 0.15) is 34.6 Å². The largest absolute Gasteiger partial charge is 0.335 e. The zero-order valence-electron chi connectivity index (χ0n) is 17.6. The third-order valence-corrected chi connectivity index (χ3v) is 5.11. The maximum Gasteiger partial charge on any atom is 0.295 e. The summed E-state index contributed by atoms with van der Waals surface area (Å²) < 4.78 is 0. The molecule has 2 aromatic rings. The lowest BCUT2D eigenvalue weighted by Gasteiger charge is -2.39. The van der Waals surface area contributed by atoms with Crippen LogP contribution in [0.5, 0.6) is 0 Å². The van der Waals surface area contributed by atoms with Crippen LogP contribution in [-0.2, 0) is 4.79 Å². The summed E-state index contributed by atoms with van der Waals surface area (Å²) in [4.78, 5) is 41.5. The van der Waals surface area contributed by atoms with Gasteiger partial charge in [-0.15, -0.1) is 0 Å². The van der Waals surface area contributed by atoms with E-state index in [0.717, 1.165) is 0 Å². The number of rotatable bonds is 6. The Labute approximate surface area is 181 Å². The zero-order chi connectivity index (χ0) is 22.4. The van der Waals surface area contributed by atoms with Gasteiger partial charge in [-0.1, -0.05) is 18.2 Å². The molecule has 0 aliphatic carbocycles. The maximum absolute atomic E-state index is 12.8. The van der Waals surface area contributed by atoms with E-state index in [0.29, 0.717) is 30.9 Å². The summed E-state index contributed by atoms with van der Waals surface area (Å²) in [6.45, 7) is 8.11. The minimum atomic E-state index is -0.585. The summed E-state index contributed by atoms with van der Waals surface area (Å²) in [7, 11) is 0. The van der Waals surface area contributed by atoms with Crippen molar-refractivity contribution in [2.45, 2.75) is 19.9 Å². The third-order valence-electron chi connectivity index (χ3n) is 5.11. The van der Waals surface area contributed by atoms with Crippen LogP contribution in [0.2, 0.25) is 0 Å². The van der Waals surface area contributed by atoms with Crippen LogP contribution in [-0.4, -0.2) is 66.0 Å². The number of benzene rings is 2. The van der Waals surface area contributed by atoms with Crippen molar-refractivity contribution in [3.05, 3.63) is 65.7 Å². The van der Waals surface area contributed by atoms with Crippen molar-refractivity contribution in [3.8, 4) is 0 Å². The first kappa shape index (κ1) is 21.9. The molecule has 3 rings (SSSR count). The number of hydrogen-bond donors (Lipinski definition) is 0. The molecule has 160 valence electrons. The standard InChI is InChI=1S/C23H25N5O3/c1-4-25-28(24-3)20-12-10-18(11-13-20)21(29)23(31)27-15-14-26(16-17(27)2)22(30)19-8-6-5-7-9-19/h4-13,17H,3,14-16H2,1-2H3/b25-4-.